The molecule has 3 aromatic rings. The minimum atomic E-state index is 0.0551. The standard InChI is InChI=1S/C21H19N3O/c1-21(2)10-9-19-23-18-12-15(5-6-16-4-3-11-22-13-16)7-8-17(18)20(25)24(19)14-21/h3-4,7-8,11-13H,9-10,14H2,1-2H3. The zero-order valence-electron chi connectivity index (χ0n) is 14.4. The average Bonchev–Trinajstić information content (AvgIpc) is 2.61. The van der Waals surface area contributed by atoms with E-state index in [1.54, 1.807) is 12.4 Å². The smallest absolute Gasteiger partial charge is 0.261 e. The van der Waals surface area contributed by atoms with E-state index in [0.717, 1.165) is 41.9 Å². The first-order chi connectivity index (χ1) is 12.0. The number of benzene rings is 1. The fourth-order valence-corrected chi connectivity index (χ4v) is 3.24. The Bertz CT molecular complexity index is 1070. The van der Waals surface area contributed by atoms with Crippen molar-refractivity contribution in [3.63, 3.8) is 0 Å². The number of nitrogens with zero attached hydrogens (tertiary/aromatic N) is 3. The first kappa shape index (κ1) is 15.6. The second-order valence-electron chi connectivity index (χ2n) is 7.31. The van der Waals surface area contributed by atoms with E-state index in [-0.39, 0.29) is 11.0 Å². The summed E-state index contributed by atoms with van der Waals surface area (Å²) < 4.78 is 1.84. The lowest BCUT2D eigenvalue weighted by molar-refractivity contribution is 0.240. The first-order valence-corrected chi connectivity index (χ1v) is 8.47. The van der Waals surface area contributed by atoms with Crippen LogP contribution in [0.5, 0.6) is 0 Å². The number of hydrogen-bond donors (Lipinski definition) is 0. The molecule has 1 aliphatic rings. The lowest BCUT2D eigenvalue weighted by Gasteiger charge is -2.31. The summed E-state index contributed by atoms with van der Waals surface area (Å²) >= 11 is 0. The van der Waals surface area contributed by atoms with E-state index in [9.17, 15) is 4.79 Å². The topological polar surface area (TPSA) is 47.8 Å². The summed E-state index contributed by atoms with van der Waals surface area (Å²) in [5.74, 6) is 7.10. The van der Waals surface area contributed by atoms with Crippen molar-refractivity contribution in [1.82, 2.24) is 14.5 Å². The van der Waals surface area contributed by atoms with Gasteiger partial charge in [-0.25, -0.2) is 4.98 Å². The second kappa shape index (κ2) is 5.86. The Labute approximate surface area is 146 Å². The Morgan fingerprint density at radius 2 is 2.00 bits per heavy atom. The average molecular weight is 329 g/mol. The van der Waals surface area contributed by atoms with Crippen LogP contribution in [-0.2, 0) is 13.0 Å². The number of hydrogen-bond acceptors (Lipinski definition) is 3. The van der Waals surface area contributed by atoms with Crippen LogP contribution < -0.4 is 5.56 Å². The van der Waals surface area contributed by atoms with Crippen molar-refractivity contribution in [2.24, 2.45) is 5.41 Å². The predicted octanol–water partition coefficient (Wildman–Crippen LogP) is 3.16. The number of aryl methyl sites for hydroxylation is 1. The third-order valence-electron chi connectivity index (χ3n) is 4.66. The molecule has 0 bridgehead atoms. The molecule has 25 heavy (non-hydrogen) atoms. The van der Waals surface area contributed by atoms with E-state index in [1.807, 2.05) is 34.9 Å². The predicted molar refractivity (Wildman–Crippen MR) is 98.3 cm³/mol. The van der Waals surface area contributed by atoms with Gasteiger partial charge in [-0.15, -0.1) is 0 Å². The summed E-state index contributed by atoms with van der Waals surface area (Å²) in [5.41, 5.74) is 2.64. The molecule has 0 saturated carbocycles. The Morgan fingerprint density at radius 1 is 1.16 bits per heavy atom. The molecule has 0 fully saturated rings. The van der Waals surface area contributed by atoms with Gasteiger partial charge < -0.3 is 0 Å². The van der Waals surface area contributed by atoms with Crippen molar-refractivity contribution in [3.8, 4) is 11.8 Å². The Kier molecular flexibility index (Phi) is 3.65. The van der Waals surface area contributed by atoms with E-state index >= 15 is 0 Å². The van der Waals surface area contributed by atoms with Crippen molar-refractivity contribution in [2.75, 3.05) is 0 Å². The molecule has 0 N–H and O–H groups in total. The summed E-state index contributed by atoms with van der Waals surface area (Å²) in [7, 11) is 0. The molecule has 0 unspecified atom stereocenters. The molecule has 0 saturated heterocycles. The Hall–Kier alpha value is -2.93. The molecule has 1 aliphatic heterocycles. The van der Waals surface area contributed by atoms with Gasteiger partial charge in [-0.1, -0.05) is 25.7 Å². The highest BCUT2D eigenvalue weighted by molar-refractivity contribution is 5.79. The SMILES string of the molecule is CC1(C)CCc2nc3cc(C#Cc4cccnc4)ccc3c(=O)n2C1. The molecule has 2 aromatic heterocycles. The molecule has 0 amide bonds. The van der Waals surface area contributed by atoms with Crippen LogP contribution >= 0.6 is 0 Å². The first-order valence-electron chi connectivity index (χ1n) is 8.47. The van der Waals surface area contributed by atoms with Gasteiger partial charge in [-0.05, 0) is 42.2 Å². The van der Waals surface area contributed by atoms with Crippen LogP contribution in [0.25, 0.3) is 10.9 Å². The van der Waals surface area contributed by atoms with E-state index in [2.05, 4.69) is 30.7 Å². The van der Waals surface area contributed by atoms with Crippen LogP contribution in [-0.4, -0.2) is 14.5 Å². The second-order valence-corrected chi connectivity index (χ2v) is 7.31. The largest absolute Gasteiger partial charge is 0.296 e. The normalized spacial score (nSPS) is 15.3. The van der Waals surface area contributed by atoms with Gasteiger partial charge in [0.15, 0.2) is 0 Å². The van der Waals surface area contributed by atoms with Crippen molar-refractivity contribution < 1.29 is 0 Å². The molecule has 4 rings (SSSR count). The number of pyridine rings is 1. The van der Waals surface area contributed by atoms with E-state index in [0.29, 0.717) is 5.39 Å². The fraction of sp³-hybridized carbons (Fsp3) is 0.286. The lowest BCUT2D eigenvalue weighted by atomic mass is 9.85. The van der Waals surface area contributed by atoms with E-state index in [1.165, 1.54) is 0 Å². The van der Waals surface area contributed by atoms with Gasteiger partial charge in [0, 0.05) is 36.5 Å². The van der Waals surface area contributed by atoms with E-state index < -0.39 is 0 Å². The van der Waals surface area contributed by atoms with Gasteiger partial charge in [0.25, 0.3) is 5.56 Å². The van der Waals surface area contributed by atoms with Crippen molar-refractivity contribution in [3.05, 3.63) is 70.0 Å². The van der Waals surface area contributed by atoms with Crippen LogP contribution in [0, 0.1) is 17.3 Å². The molecule has 4 nitrogen and oxygen atoms in total. The minimum absolute atomic E-state index is 0.0551. The monoisotopic (exact) mass is 329 g/mol. The molecule has 4 heteroatoms. The summed E-state index contributed by atoms with van der Waals surface area (Å²) in [6.45, 7) is 5.13. The Balaban J connectivity index is 1.78. The molecule has 1 aromatic carbocycles. The summed E-state index contributed by atoms with van der Waals surface area (Å²) in [6, 6.07) is 9.41. The van der Waals surface area contributed by atoms with Gasteiger partial charge in [0.1, 0.15) is 5.82 Å². The summed E-state index contributed by atoms with van der Waals surface area (Å²) in [4.78, 5) is 21.6. The van der Waals surface area contributed by atoms with Crippen LogP contribution in [0.2, 0.25) is 0 Å². The zero-order chi connectivity index (χ0) is 17.4. The molecule has 0 spiro atoms. The maximum atomic E-state index is 12.8. The van der Waals surface area contributed by atoms with Crippen LogP contribution in [0.1, 0.15) is 37.2 Å². The quantitative estimate of drug-likeness (QED) is 0.595. The van der Waals surface area contributed by atoms with Crippen LogP contribution in [0.3, 0.4) is 0 Å². The van der Waals surface area contributed by atoms with Crippen molar-refractivity contribution >= 4 is 10.9 Å². The highest BCUT2D eigenvalue weighted by atomic mass is 16.1. The third kappa shape index (κ3) is 3.06. The molecule has 3 heterocycles. The molecular weight excluding hydrogens is 310 g/mol. The number of fused-ring (bicyclic) bond motifs is 2. The molecule has 124 valence electrons. The highest BCUT2D eigenvalue weighted by Gasteiger charge is 2.27. The van der Waals surface area contributed by atoms with Crippen molar-refractivity contribution in [2.45, 2.75) is 33.2 Å². The van der Waals surface area contributed by atoms with Crippen LogP contribution in [0.4, 0.5) is 0 Å². The summed E-state index contributed by atoms with van der Waals surface area (Å²) in [6.07, 6.45) is 5.34. The van der Waals surface area contributed by atoms with Gasteiger partial charge >= 0.3 is 0 Å². The zero-order valence-corrected chi connectivity index (χ0v) is 14.4. The number of rotatable bonds is 0. The molecule has 0 radical (unpaired) electrons. The third-order valence-corrected chi connectivity index (χ3v) is 4.66. The maximum absolute atomic E-state index is 12.8. The molecule has 0 atom stereocenters. The minimum Gasteiger partial charge on any atom is -0.296 e. The molecule has 0 aliphatic carbocycles. The van der Waals surface area contributed by atoms with Gasteiger partial charge in [-0.2, -0.15) is 0 Å². The molecular formula is C21H19N3O. The number of aromatic nitrogens is 3. The van der Waals surface area contributed by atoms with Gasteiger partial charge in [0.2, 0.25) is 0 Å². The van der Waals surface area contributed by atoms with E-state index in [4.69, 9.17) is 4.98 Å². The summed E-state index contributed by atoms with van der Waals surface area (Å²) in [5, 5.41) is 0.661. The van der Waals surface area contributed by atoms with Crippen LogP contribution in [0.15, 0.2) is 47.5 Å². The van der Waals surface area contributed by atoms with Gasteiger partial charge in [-0.3, -0.25) is 14.3 Å². The fourth-order valence-electron chi connectivity index (χ4n) is 3.24. The highest BCUT2D eigenvalue weighted by Crippen LogP contribution is 2.29. The van der Waals surface area contributed by atoms with Crippen molar-refractivity contribution in [1.29, 1.82) is 0 Å². The maximum Gasteiger partial charge on any atom is 0.261 e. The van der Waals surface area contributed by atoms with Gasteiger partial charge in [0.05, 0.1) is 10.9 Å². The Morgan fingerprint density at radius 3 is 2.80 bits per heavy atom. The lowest BCUT2D eigenvalue weighted by Crippen LogP contribution is -2.36.